The molecule has 1 aromatic carbocycles. The fourth-order valence-electron chi connectivity index (χ4n) is 3.87. The second-order valence-electron chi connectivity index (χ2n) is 7.66. The van der Waals surface area contributed by atoms with Gasteiger partial charge in [0.15, 0.2) is 12.0 Å². The molecule has 0 saturated carbocycles. The average molecular weight is 577 g/mol. The van der Waals surface area contributed by atoms with Gasteiger partial charge in [0.2, 0.25) is 6.54 Å². The largest absolute Gasteiger partial charge is 0.465 e. The molecule has 0 saturated heterocycles. The Kier molecular flexibility index (Phi) is 8.63. The molecule has 0 amide bonds. The van der Waals surface area contributed by atoms with Gasteiger partial charge in [-0.1, -0.05) is 48.5 Å². The Balaban J connectivity index is 0.00000156. The van der Waals surface area contributed by atoms with E-state index in [2.05, 4.69) is 0 Å². The molecule has 5 rings (SSSR count). The zero-order valence-corrected chi connectivity index (χ0v) is 24.3. The number of carbonyl (C=O) groups is 1. The highest BCUT2D eigenvalue weighted by atomic mass is 35.5. The highest BCUT2D eigenvalue weighted by Gasteiger charge is 2.25. The number of halogens is 1. The summed E-state index contributed by atoms with van der Waals surface area (Å²) < 4.78 is 15.7. The summed E-state index contributed by atoms with van der Waals surface area (Å²) in [7, 11) is 3.32. The Morgan fingerprint density at radius 3 is 2.78 bits per heavy atom. The Hall–Kier alpha value is -2.79. The van der Waals surface area contributed by atoms with Crippen molar-refractivity contribution < 1.29 is 18.5 Å². The maximum atomic E-state index is 13.4. The summed E-state index contributed by atoms with van der Waals surface area (Å²) in [6, 6.07) is 7.37. The van der Waals surface area contributed by atoms with Crippen LogP contribution in [0.4, 0.5) is 5.69 Å². The number of carbonyl (C=O) groups excluding carboxylic acids is 1. The van der Waals surface area contributed by atoms with E-state index in [1.54, 1.807) is 33.7 Å². The van der Waals surface area contributed by atoms with E-state index in [0.717, 1.165) is 25.3 Å². The number of esters is 1. The molecule has 0 atom stereocenters. The van der Waals surface area contributed by atoms with E-state index in [9.17, 15) is 9.59 Å². The lowest BCUT2D eigenvalue weighted by Crippen LogP contribution is -2.36. The van der Waals surface area contributed by atoms with Crippen LogP contribution in [0, 0.1) is 0 Å². The fraction of sp³-hybridized carbons (Fsp3) is 0.269. The summed E-state index contributed by atoms with van der Waals surface area (Å²) in [4.78, 5) is 28.5. The van der Waals surface area contributed by atoms with Gasteiger partial charge in [-0.25, -0.2) is 4.79 Å². The molecule has 7 nitrogen and oxygen atoms in total. The van der Waals surface area contributed by atoms with E-state index >= 15 is 0 Å². The zero-order chi connectivity index (χ0) is 26.7. The molecule has 4 aromatic rings. The number of nitrogens with zero attached hydrogens (tertiary/aromatic N) is 3. The highest BCUT2D eigenvalue weighted by molar-refractivity contribution is 8.08. The van der Waals surface area contributed by atoms with Gasteiger partial charge < -0.3 is 14.1 Å². The molecular weight excluding hydrogens is 550 g/mol. The first-order valence-electron chi connectivity index (χ1n) is 11.7. The monoisotopic (exact) mass is 576 g/mol. The minimum absolute atomic E-state index is 0.0147. The van der Waals surface area contributed by atoms with E-state index in [-0.39, 0.29) is 5.56 Å². The molecule has 0 fully saturated rings. The van der Waals surface area contributed by atoms with Crippen LogP contribution >= 0.6 is 46.0 Å². The van der Waals surface area contributed by atoms with Crippen LogP contribution in [0.5, 0.6) is 0 Å². The first-order chi connectivity index (χ1) is 17.9. The zero-order valence-electron chi connectivity index (χ0n) is 21.1. The van der Waals surface area contributed by atoms with Crippen molar-refractivity contribution in [3.05, 3.63) is 83.0 Å². The number of rotatable bonds is 5. The number of ether oxygens (including phenoxy) is 1. The number of thiazole rings is 2. The van der Waals surface area contributed by atoms with Crippen LogP contribution in [-0.2, 0) is 17.8 Å². The summed E-state index contributed by atoms with van der Waals surface area (Å²) >= 11 is 10.8. The quantitative estimate of drug-likeness (QED) is 0.257. The van der Waals surface area contributed by atoms with Crippen molar-refractivity contribution in [1.82, 2.24) is 4.57 Å². The van der Waals surface area contributed by atoms with Crippen molar-refractivity contribution in [3.63, 3.8) is 0 Å². The van der Waals surface area contributed by atoms with Crippen LogP contribution in [0.25, 0.3) is 11.1 Å². The number of methoxy groups -OCH3 is 1. The average Bonchev–Trinajstić information content (AvgIpc) is 3.68. The normalized spacial score (nSPS) is 14.4. The number of hydrogen-bond acceptors (Lipinski definition) is 8. The molecular formula is C26H27ClN3O4S3+. The number of fused-ring (bicyclic) bond motifs is 1. The minimum atomic E-state index is -0.435. The van der Waals surface area contributed by atoms with Crippen LogP contribution in [0.1, 0.15) is 41.9 Å². The van der Waals surface area contributed by atoms with E-state index in [0.29, 0.717) is 34.0 Å². The maximum absolute atomic E-state index is 13.4. The fourth-order valence-corrected chi connectivity index (χ4v) is 7.46. The lowest BCUT2D eigenvalue weighted by atomic mass is 10.2. The lowest BCUT2D eigenvalue weighted by molar-refractivity contribution is -0.686. The molecule has 3 aromatic heterocycles. The predicted molar refractivity (Wildman–Crippen MR) is 151 cm³/mol. The summed E-state index contributed by atoms with van der Waals surface area (Å²) in [5.41, 5.74) is 1.42. The van der Waals surface area contributed by atoms with Gasteiger partial charge in [0.1, 0.15) is 19.8 Å². The van der Waals surface area contributed by atoms with Crippen LogP contribution in [0.3, 0.4) is 0 Å². The van der Waals surface area contributed by atoms with E-state index < -0.39 is 5.97 Å². The van der Waals surface area contributed by atoms with Gasteiger partial charge in [-0.15, -0.1) is 11.3 Å². The summed E-state index contributed by atoms with van der Waals surface area (Å²) in [6.45, 7) is 6.89. The number of hydrogen-bond donors (Lipinski definition) is 0. The molecule has 4 heterocycles. The number of anilines is 1. The van der Waals surface area contributed by atoms with Crippen LogP contribution < -0.4 is 24.2 Å². The second-order valence-corrected chi connectivity index (χ2v) is 11.1. The molecule has 194 valence electrons. The molecule has 0 radical (unpaired) electrons. The Morgan fingerprint density at radius 2 is 2.05 bits per heavy atom. The number of benzene rings is 1. The Bertz CT molecular complexity index is 1620. The smallest absolute Gasteiger partial charge is 0.341 e. The first kappa shape index (κ1) is 27.3. The van der Waals surface area contributed by atoms with Crippen molar-refractivity contribution in [2.45, 2.75) is 38.8 Å². The second kappa shape index (κ2) is 11.7. The molecule has 37 heavy (non-hydrogen) atoms. The van der Waals surface area contributed by atoms with E-state index in [1.807, 2.05) is 73.1 Å². The van der Waals surface area contributed by atoms with Gasteiger partial charge in [-0.3, -0.25) is 9.36 Å². The number of thioether (sulfide) groups is 1. The third kappa shape index (κ3) is 5.29. The van der Waals surface area contributed by atoms with E-state index in [4.69, 9.17) is 20.8 Å². The highest BCUT2D eigenvalue weighted by Crippen LogP contribution is 2.46. The van der Waals surface area contributed by atoms with Crippen molar-refractivity contribution in [2.24, 2.45) is 0 Å². The van der Waals surface area contributed by atoms with Crippen molar-refractivity contribution in [2.75, 3.05) is 19.1 Å². The number of aromatic nitrogens is 2. The molecule has 11 heteroatoms. The molecule has 0 N–H and O–H groups in total. The molecule has 0 aliphatic carbocycles. The maximum Gasteiger partial charge on any atom is 0.341 e. The van der Waals surface area contributed by atoms with Crippen molar-refractivity contribution >= 4 is 68.8 Å². The molecule has 1 aliphatic heterocycles. The third-order valence-electron chi connectivity index (χ3n) is 5.64. The Morgan fingerprint density at radius 1 is 1.27 bits per heavy atom. The van der Waals surface area contributed by atoms with Crippen LogP contribution in [0.15, 0.2) is 56.2 Å². The third-order valence-corrected chi connectivity index (χ3v) is 9.19. The van der Waals surface area contributed by atoms with Gasteiger partial charge in [0.25, 0.3) is 10.6 Å². The molecule has 0 bridgehead atoms. The standard InChI is InChI=1S/C24H21ClN3O4S3.C2H6/c1-4-28-20(12-19-27(8-10-33-19)13-17-15(7-9-32-17)24(30)31-3)35-21(22(28)29)23-26(2)16-6-5-14(25)11-18(16)34-23;1-2/h5-12H,4,13H2,1-3H3;1-2H3/q+1;/b23-21+;. The van der Waals surface area contributed by atoms with Gasteiger partial charge in [0.05, 0.1) is 30.5 Å². The minimum Gasteiger partial charge on any atom is -0.465 e. The first-order valence-corrected chi connectivity index (χ1v) is 14.6. The topological polar surface area (TPSA) is 68.6 Å². The molecule has 0 unspecified atom stereocenters. The SMILES string of the molecule is CC.CCn1c(=O)/c(=C2\Sc3cc(Cl)ccc3N2C)s/c1=C\c1scc[n+]1Cc1occc1C(=O)OC. The molecule has 0 spiro atoms. The van der Waals surface area contributed by atoms with E-state index in [1.165, 1.54) is 24.7 Å². The predicted octanol–water partition coefficient (Wildman–Crippen LogP) is 4.52. The summed E-state index contributed by atoms with van der Waals surface area (Å²) in [5.74, 6) is 0.0842. The van der Waals surface area contributed by atoms with Gasteiger partial charge in [0, 0.05) is 23.5 Å². The van der Waals surface area contributed by atoms with Crippen molar-refractivity contribution in [3.8, 4) is 0 Å². The van der Waals surface area contributed by atoms with Crippen molar-refractivity contribution in [1.29, 1.82) is 0 Å². The van der Waals surface area contributed by atoms with Crippen LogP contribution in [-0.4, -0.2) is 24.7 Å². The summed E-state index contributed by atoms with van der Waals surface area (Å²) in [5, 5.41) is 4.47. The number of furan rings is 1. The van der Waals surface area contributed by atoms with Gasteiger partial charge in [-0.2, -0.15) is 4.57 Å². The van der Waals surface area contributed by atoms with Crippen LogP contribution in [0.2, 0.25) is 5.02 Å². The van der Waals surface area contributed by atoms with Gasteiger partial charge in [-0.05, 0) is 31.2 Å². The Labute approximate surface area is 231 Å². The molecule has 1 aliphatic rings. The lowest BCUT2D eigenvalue weighted by Gasteiger charge is -2.12. The van der Waals surface area contributed by atoms with Gasteiger partial charge >= 0.3 is 5.97 Å². The summed E-state index contributed by atoms with van der Waals surface area (Å²) in [6.07, 6.45) is 5.42.